The highest BCUT2D eigenvalue weighted by atomic mass is 35.5. The third-order valence-corrected chi connectivity index (χ3v) is 3.65. The van der Waals surface area contributed by atoms with Crippen LogP contribution >= 0.6 is 11.6 Å². The van der Waals surface area contributed by atoms with Crippen molar-refractivity contribution in [3.63, 3.8) is 0 Å². The molecule has 2 aliphatic rings. The van der Waals surface area contributed by atoms with Crippen LogP contribution in [0.5, 0.6) is 0 Å². The topological polar surface area (TPSA) is 32.3 Å². The van der Waals surface area contributed by atoms with Gasteiger partial charge < -0.3 is 5.32 Å². The fourth-order valence-corrected chi connectivity index (χ4v) is 2.54. The first-order chi connectivity index (χ1) is 8.15. The van der Waals surface area contributed by atoms with Crippen molar-refractivity contribution in [3.8, 4) is 0 Å². The molecule has 3 nitrogen and oxygen atoms in total. The monoisotopic (exact) mass is 256 g/mol. The van der Waals surface area contributed by atoms with Gasteiger partial charge in [0.2, 0.25) is 5.91 Å². The summed E-state index contributed by atoms with van der Waals surface area (Å²) in [7, 11) is 0. The van der Waals surface area contributed by atoms with Gasteiger partial charge in [-0.1, -0.05) is 18.2 Å². The van der Waals surface area contributed by atoms with Crippen molar-refractivity contribution in [2.45, 2.75) is 25.7 Å². The van der Waals surface area contributed by atoms with Crippen molar-refractivity contribution in [3.05, 3.63) is 11.6 Å². The molecule has 0 spiro atoms. The first kappa shape index (κ1) is 12.9. The van der Waals surface area contributed by atoms with Crippen LogP contribution in [0.2, 0.25) is 0 Å². The van der Waals surface area contributed by atoms with Crippen molar-refractivity contribution in [1.29, 1.82) is 0 Å². The number of nitrogens with one attached hydrogen (secondary N) is 1. The summed E-state index contributed by atoms with van der Waals surface area (Å²) >= 11 is 5.81. The molecule has 1 heterocycles. The second kappa shape index (κ2) is 5.87. The third kappa shape index (κ3) is 4.32. The fraction of sp³-hybridized carbons (Fsp3) is 0.769. The zero-order valence-corrected chi connectivity index (χ0v) is 11.0. The molecule has 1 saturated carbocycles. The van der Waals surface area contributed by atoms with Gasteiger partial charge in [0.25, 0.3) is 0 Å². The molecule has 0 radical (unpaired) electrons. The lowest BCUT2D eigenvalue weighted by molar-refractivity contribution is -0.126. The molecular weight excluding hydrogens is 236 g/mol. The van der Waals surface area contributed by atoms with E-state index >= 15 is 0 Å². The van der Waals surface area contributed by atoms with Gasteiger partial charge in [-0.05, 0) is 38.1 Å². The molecule has 1 aliphatic carbocycles. The Kier molecular flexibility index (Phi) is 4.46. The zero-order valence-electron chi connectivity index (χ0n) is 10.3. The molecule has 96 valence electrons. The quantitative estimate of drug-likeness (QED) is 0.816. The maximum atomic E-state index is 12.0. The van der Waals surface area contributed by atoms with Gasteiger partial charge in [0, 0.05) is 24.7 Å². The molecule has 4 heteroatoms. The lowest BCUT2D eigenvalue weighted by Gasteiger charge is -2.31. The second-order valence-electron chi connectivity index (χ2n) is 5.28. The number of hydrogen-bond acceptors (Lipinski definition) is 2. The van der Waals surface area contributed by atoms with E-state index in [4.69, 9.17) is 11.6 Å². The summed E-state index contributed by atoms with van der Waals surface area (Å²) in [5.41, 5.74) is 0. The molecule has 1 atom stereocenters. The number of halogens is 1. The predicted octanol–water partition coefficient (Wildman–Crippen LogP) is 1.98. The Morgan fingerprint density at radius 3 is 2.82 bits per heavy atom. The molecule has 2 rings (SSSR count). The summed E-state index contributed by atoms with van der Waals surface area (Å²) in [6.07, 6.45) is 4.64. The van der Waals surface area contributed by atoms with Gasteiger partial charge >= 0.3 is 0 Å². The standard InChI is InChI=1S/C13H21ClN2O/c1-10(14)8-16-6-2-3-12(9-16)13(17)15-7-11-4-5-11/h11-12H,1-9H2,(H,15,17)/t12-/m1/s1. The van der Waals surface area contributed by atoms with E-state index in [-0.39, 0.29) is 11.8 Å². The highest BCUT2D eigenvalue weighted by molar-refractivity contribution is 6.29. The van der Waals surface area contributed by atoms with Gasteiger partial charge in [-0.25, -0.2) is 0 Å². The number of carbonyl (C=O) groups excluding carboxylic acids is 1. The number of nitrogens with zero attached hydrogens (tertiary/aromatic N) is 1. The number of likely N-dealkylation sites (tertiary alicyclic amines) is 1. The van der Waals surface area contributed by atoms with Crippen molar-refractivity contribution >= 4 is 17.5 Å². The lowest BCUT2D eigenvalue weighted by atomic mass is 9.97. The van der Waals surface area contributed by atoms with Crippen molar-refractivity contribution < 1.29 is 4.79 Å². The number of hydrogen-bond donors (Lipinski definition) is 1. The number of amides is 1. The summed E-state index contributed by atoms with van der Waals surface area (Å²) in [4.78, 5) is 14.2. The van der Waals surface area contributed by atoms with Gasteiger partial charge in [-0.2, -0.15) is 0 Å². The smallest absolute Gasteiger partial charge is 0.224 e. The summed E-state index contributed by atoms with van der Waals surface area (Å²) in [5.74, 6) is 1.11. The molecule has 1 saturated heterocycles. The van der Waals surface area contributed by atoms with Crippen LogP contribution in [0.3, 0.4) is 0 Å². The molecular formula is C13H21ClN2O. The molecule has 0 unspecified atom stereocenters. The molecule has 1 N–H and O–H groups in total. The van der Waals surface area contributed by atoms with E-state index in [0.29, 0.717) is 11.6 Å². The molecule has 1 amide bonds. The Morgan fingerprint density at radius 2 is 2.18 bits per heavy atom. The van der Waals surface area contributed by atoms with E-state index in [2.05, 4.69) is 16.8 Å². The summed E-state index contributed by atoms with van der Waals surface area (Å²) in [6, 6.07) is 0. The highest BCUT2D eigenvalue weighted by Crippen LogP contribution is 2.28. The van der Waals surface area contributed by atoms with Crippen LogP contribution in [-0.2, 0) is 4.79 Å². The normalized spacial score (nSPS) is 25.6. The molecule has 17 heavy (non-hydrogen) atoms. The molecule has 0 aromatic heterocycles. The van der Waals surface area contributed by atoms with Gasteiger partial charge in [0.1, 0.15) is 0 Å². The largest absolute Gasteiger partial charge is 0.356 e. The Bertz CT molecular complexity index is 302. The molecule has 0 bridgehead atoms. The van der Waals surface area contributed by atoms with Crippen LogP contribution < -0.4 is 5.32 Å². The summed E-state index contributed by atoms with van der Waals surface area (Å²) in [5, 5.41) is 3.72. The SMILES string of the molecule is C=C(Cl)CN1CCC[C@@H](C(=O)NCC2CC2)C1. The van der Waals surface area contributed by atoms with Crippen molar-refractivity contribution in [2.24, 2.45) is 11.8 Å². The maximum Gasteiger partial charge on any atom is 0.224 e. The lowest BCUT2D eigenvalue weighted by Crippen LogP contribution is -2.43. The van der Waals surface area contributed by atoms with Crippen LogP contribution in [0.15, 0.2) is 11.6 Å². The predicted molar refractivity (Wildman–Crippen MR) is 69.9 cm³/mol. The Morgan fingerprint density at radius 1 is 1.41 bits per heavy atom. The Balaban J connectivity index is 1.74. The van der Waals surface area contributed by atoms with Crippen molar-refractivity contribution in [1.82, 2.24) is 10.2 Å². The minimum Gasteiger partial charge on any atom is -0.356 e. The van der Waals surface area contributed by atoms with Gasteiger partial charge in [0.05, 0.1) is 5.92 Å². The molecule has 0 aromatic rings. The van der Waals surface area contributed by atoms with Crippen LogP contribution in [0.4, 0.5) is 0 Å². The zero-order chi connectivity index (χ0) is 12.3. The average molecular weight is 257 g/mol. The van der Waals surface area contributed by atoms with Crippen LogP contribution in [0.25, 0.3) is 0 Å². The Hall–Kier alpha value is -0.540. The minimum absolute atomic E-state index is 0.138. The van der Waals surface area contributed by atoms with Crippen LogP contribution in [0, 0.1) is 11.8 Å². The molecule has 1 aliphatic heterocycles. The van der Waals surface area contributed by atoms with Crippen LogP contribution in [0.1, 0.15) is 25.7 Å². The van der Waals surface area contributed by atoms with Crippen molar-refractivity contribution in [2.75, 3.05) is 26.2 Å². The second-order valence-corrected chi connectivity index (χ2v) is 5.81. The number of rotatable bonds is 5. The fourth-order valence-electron chi connectivity index (χ4n) is 2.37. The van der Waals surface area contributed by atoms with Crippen LogP contribution in [-0.4, -0.2) is 37.0 Å². The molecule has 2 fully saturated rings. The Labute approximate surface area is 108 Å². The van der Waals surface area contributed by atoms with Gasteiger partial charge in [0.15, 0.2) is 0 Å². The van der Waals surface area contributed by atoms with E-state index in [1.54, 1.807) is 0 Å². The first-order valence-corrected chi connectivity index (χ1v) is 6.86. The number of piperidine rings is 1. The number of carbonyl (C=O) groups is 1. The van der Waals surface area contributed by atoms with E-state index < -0.39 is 0 Å². The van der Waals surface area contributed by atoms with E-state index in [0.717, 1.165) is 38.4 Å². The minimum atomic E-state index is 0.138. The van der Waals surface area contributed by atoms with Gasteiger partial charge in [-0.15, -0.1) is 0 Å². The maximum absolute atomic E-state index is 12.0. The third-order valence-electron chi connectivity index (χ3n) is 3.53. The van der Waals surface area contributed by atoms with E-state index in [9.17, 15) is 4.79 Å². The average Bonchev–Trinajstić information content (AvgIpc) is 3.09. The van der Waals surface area contributed by atoms with Gasteiger partial charge in [-0.3, -0.25) is 9.69 Å². The highest BCUT2D eigenvalue weighted by Gasteiger charge is 2.27. The first-order valence-electron chi connectivity index (χ1n) is 6.48. The molecule has 0 aromatic carbocycles. The van der Waals surface area contributed by atoms with E-state index in [1.807, 2.05) is 0 Å². The summed E-state index contributed by atoms with van der Waals surface area (Å²) in [6.45, 7) is 7.13. The summed E-state index contributed by atoms with van der Waals surface area (Å²) < 4.78 is 0. The van der Waals surface area contributed by atoms with E-state index in [1.165, 1.54) is 12.8 Å².